The van der Waals surface area contributed by atoms with E-state index in [1.54, 1.807) is 0 Å². The van der Waals surface area contributed by atoms with Crippen LogP contribution in [0.4, 0.5) is 0 Å². The van der Waals surface area contributed by atoms with Gasteiger partial charge in [0.05, 0.1) is 0 Å². The molecule has 0 saturated heterocycles. The van der Waals surface area contributed by atoms with Gasteiger partial charge in [0.1, 0.15) is 0 Å². The third kappa shape index (κ3) is 3.84. The van der Waals surface area contributed by atoms with Gasteiger partial charge in [-0.2, -0.15) is 0 Å². The fourth-order valence-corrected chi connectivity index (χ4v) is 2.48. The summed E-state index contributed by atoms with van der Waals surface area (Å²) in [5, 5.41) is 12.4. The van der Waals surface area contributed by atoms with Crippen molar-refractivity contribution in [3.8, 4) is 11.5 Å². The standard InChI is InChI=1S/C14H20BrNO3/c1-14(2,3-4-17)8-16-7-10-5-12-13(6-11(10)15)19-9-18-12/h5-6,16-17H,3-4,7-9H2,1-2H3. The van der Waals surface area contributed by atoms with Crippen LogP contribution in [0.2, 0.25) is 0 Å². The van der Waals surface area contributed by atoms with Gasteiger partial charge in [0.2, 0.25) is 6.79 Å². The predicted octanol–water partition coefficient (Wildman–Crippen LogP) is 2.68. The third-order valence-corrected chi connectivity index (χ3v) is 3.99. The van der Waals surface area contributed by atoms with E-state index in [-0.39, 0.29) is 12.0 Å². The van der Waals surface area contributed by atoms with Crippen LogP contribution in [0, 0.1) is 5.41 Å². The van der Waals surface area contributed by atoms with E-state index in [4.69, 9.17) is 14.6 Å². The molecular formula is C14H20BrNO3. The molecule has 106 valence electrons. The summed E-state index contributed by atoms with van der Waals surface area (Å²) in [6.07, 6.45) is 0.794. The minimum atomic E-state index is 0.0948. The summed E-state index contributed by atoms with van der Waals surface area (Å²) < 4.78 is 11.7. The second-order valence-corrected chi connectivity index (χ2v) is 6.39. The molecule has 0 spiro atoms. The maximum absolute atomic E-state index is 9.00. The molecule has 0 fully saturated rings. The van der Waals surface area contributed by atoms with Crippen molar-refractivity contribution in [2.75, 3.05) is 19.9 Å². The first-order chi connectivity index (χ1) is 9.02. The van der Waals surface area contributed by atoms with Gasteiger partial charge >= 0.3 is 0 Å². The van der Waals surface area contributed by atoms with E-state index in [0.29, 0.717) is 6.79 Å². The zero-order chi connectivity index (χ0) is 13.9. The Kier molecular flexibility index (Phi) is 4.71. The highest BCUT2D eigenvalue weighted by Gasteiger charge is 2.18. The molecule has 1 aliphatic rings. The SMILES string of the molecule is CC(C)(CCO)CNCc1cc2c(cc1Br)OCO2. The molecule has 0 atom stereocenters. The lowest BCUT2D eigenvalue weighted by Crippen LogP contribution is -2.30. The van der Waals surface area contributed by atoms with Gasteiger partial charge in [-0.05, 0) is 29.5 Å². The number of aliphatic hydroxyl groups is 1. The molecule has 0 radical (unpaired) electrons. The van der Waals surface area contributed by atoms with Crippen LogP contribution in [0.15, 0.2) is 16.6 Å². The molecule has 1 heterocycles. The van der Waals surface area contributed by atoms with Crippen molar-refractivity contribution in [2.24, 2.45) is 5.41 Å². The van der Waals surface area contributed by atoms with Crippen LogP contribution in [0.1, 0.15) is 25.8 Å². The summed E-state index contributed by atoms with van der Waals surface area (Å²) in [6, 6.07) is 3.94. The van der Waals surface area contributed by atoms with E-state index >= 15 is 0 Å². The van der Waals surface area contributed by atoms with E-state index in [1.807, 2.05) is 12.1 Å². The van der Waals surface area contributed by atoms with Gasteiger partial charge < -0.3 is 19.9 Å². The van der Waals surface area contributed by atoms with Crippen molar-refractivity contribution in [2.45, 2.75) is 26.8 Å². The lowest BCUT2D eigenvalue weighted by Gasteiger charge is -2.24. The number of fused-ring (bicyclic) bond motifs is 1. The number of nitrogens with one attached hydrogen (secondary N) is 1. The average Bonchev–Trinajstić information content (AvgIpc) is 2.76. The molecule has 1 aliphatic heterocycles. The summed E-state index contributed by atoms with van der Waals surface area (Å²) in [6.45, 7) is 6.42. The molecule has 0 saturated carbocycles. The van der Waals surface area contributed by atoms with E-state index in [9.17, 15) is 0 Å². The van der Waals surface area contributed by atoms with E-state index < -0.39 is 0 Å². The second kappa shape index (κ2) is 6.11. The number of hydrogen-bond donors (Lipinski definition) is 2. The highest BCUT2D eigenvalue weighted by Crippen LogP contribution is 2.36. The molecule has 0 amide bonds. The van der Waals surface area contributed by atoms with Crippen LogP contribution >= 0.6 is 15.9 Å². The first kappa shape index (κ1) is 14.6. The van der Waals surface area contributed by atoms with Crippen molar-refractivity contribution in [3.05, 3.63) is 22.2 Å². The molecule has 2 N–H and O–H groups in total. The highest BCUT2D eigenvalue weighted by atomic mass is 79.9. The van der Waals surface area contributed by atoms with Crippen LogP contribution in [0.5, 0.6) is 11.5 Å². The summed E-state index contributed by atoms with van der Waals surface area (Å²) in [5.41, 5.74) is 1.24. The second-order valence-electron chi connectivity index (χ2n) is 5.54. The van der Waals surface area contributed by atoms with Crippen LogP contribution in [-0.4, -0.2) is 25.1 Å². The maximum atomic E-state index is 9.00. The number of aliphatic hydroxyl groups excluding tert-OH is 1. The quantitative estimate of drug-likeness (QED) is 0.842. The Morgan fingerprint density at radius 2 is 2.00 bits per heavy atom. The summed E-state index contributed by atoms with van der Waals surface area (Å²) in [4.78, 5) is 0. The van der Waals surface area contributed by atoms with Crippen molar-refractivity contribution < 1.29 is 14.6 Å². The van der Waals surface area contributed by atoms with E-state index in [1.165, 1.54) is 0 Å². The Morgan fingerprint density at radius 3 is 2.68 bits per heavy atom. The molecule has 0 bridgehead atoms. The van der Waals surface area contributed by atoms with Crippen LogP contribution < -0.4 is 14.8 Å². The molecule has 2 rings (SSSR count). The van der Waals surface area contributed by atoms with Gasteiger partial charge in [0.25, 0.3) is 0 Å². The number of ether oxygens (including phenoxy) is 2. The number of rotatable bonds is 6. The first-order valence-electron chi connectivity index (χ1n) is 6.41. The van der Waals surface area contributed by atoms with Crippen LogP contribution in [0.25, 0.3) is 0 Å². The summed E-state index contributed by atoms with van der Waals surface area (Å²) >= 11 is 3.55. The summed E-state index contributed by atoms with van der Waals surface area (Å²) in [5.74, 6) is 1.59. The monoisotopic (exact) mass is 329 g/mol. The Bertz CT molecular complexity index is 449. The normalized spacial score (nSPS) is 13.9. The minimum absolute atomic E-state index is 0.0948. The first-order valence-corrected chi connectivity index (χ1v) is 7.21. The Balaban J connectivity index is 1.93. The Hall–Kier alpha value is -0.780. The molecular weight excluding hydrogens is 310 g/mol. The van der Waals surface area contributed by atoms with E-state index in [2.05, 4.69) is 35.1 Å². The molecule has 1 aromatic carbocycles. The zero-order valence-corrected chi connectivity index (χ0v) is 12.9. The van der Waals surface area contributed by atoms with Crippen molar-refractivity contribution >= 4 is 15.9 Å². The van der Waals surface area contributed by atoms with Gasteiger partial charge in [-0.25, -0.2) is 0 Å². The maximum Gasteiger partial charge on any atom is 0.231 e. The fourth-order valence-electron chi connectivity index (χ4n) is 2.02. The van der Waals surface area contributed by atoms with Crippen LogP contribution in [-0.2, 0) is 6.54 Å². The van der Waals surface area contributed by atoms with Crippen LogP contribution in [0.3, 0.4) is 0 Å². The number of benzene rings is 1. The highest BCUT2D eigenvalue weighted by molar-refractivity contribution is 9.10. The van der Waals surface area contributed by atoms with Gasteiger partial charge in [0.15, 0.2) is 11.5 Å². The molecule has 4 nitrogen and oxygen atoms in total. The van der Waals surface area contributed by atoms with Crippen molar-refractivity contribution in [1.29, 1.82) is 0 Å². The molecule has 19 heavy (non-hydrogen) atoms. The number of halogens is 1. The third-order valence-electron chi connectivity index (χ3n) is 3.25. The zero-order valence-electron chi connectivity index (χ0n) is 11.3. The smallest absolute Gasteiger partial charge is 0.231 e. The van der Waals surface area contributed by atoms with Crippen molar-refractivity contribution in [3.63, 3.8) is 0 Å². The minimum Gasteiger partial charge on any atom is -0.454 e. The molecule has 0 aliphatic carbocycles. The predicted molar refractivity (Wildman–Crippen MR) is 77.5 cm³/mol. The Labute approximate surface area is 122 Å². The lowest BCUT2D eigenvalue weighted by atomic mass is 9.90. The van der Waals surface area contributed by atoms with Gasteiger partial charge in [0, 0.05) is 24.2 Å². The number of hydrogen-bond acceptors (Lipinski definition) is 4. The van der Waals surface area contributed by atoms with Gasteiger partial charge in [-0.15, -0.1) is 0 Å². The van der Waals surface area contributed by atoms with Gasteiger partial charge in [-0.1, -0.05) is 29.8 Å². The van der Waals surface area contributed by atoms with Gasteiger partial charge in [-0.3, -0.25) is 0 Å². The Morgan fingerprint density at radius 1 is 1.32 bits per heavy atom. The largest absolute Gasteiger partial charge is 0.454 e. The average molecular weight is 330 g/mol. The lowest BCUT2D eigenvalue weighted by molar-refractivity contribution is 0.174. The molecule has 0 unspecified atom stereocenters. The fraction of sp³-hybridized carbons (Fsp3) is 0.571. The summed E-state index contributed by atoms with van der Waals surface area (Å²) in [7, 11) is 0. The van der Waals surface area contributed by atoms with Crippen molar-refractivity contribution in [1.82, 2.24) is 5.32 Å². The topological polar surface area (TPSA) is 50.7 Å². The molecule has 5 heteroatoms. The van der Waals surface area contributed by atoms with E-state index in [0.717, 1.165) is 41.0 Å². The molecule has 1 aromatic rings. The molecule has 0 aromatic heterocycles.